The zero-order valence-corrected chi connectivity index (χ0v) is 11.8. The summed E-state index contributed by atoms with van der Waals surface area (Å²) in [6.45, 7) is -0.400. The van der Waals surface area contributed by atoms with Gasteiger partial charge in [-0.2, -0.15) is 13.2 Å². The van der Waals surface area contributed by atoms with Crippen molar-refractivity contribution in [3.05, 3.63) is 70.8 Å². The Labute approximate surface area is 128 Å². The molecular formula is C16H12F5NO. The standard InChI is InChI=1S/C16H12F5NO/c17-12-3-1-2-10(6-12)7-15(23)22-9-11-4-5-13(18)8-14(11)16(19,20)21/h1-6,8H,7,9H2,(H,22,23). The minimum atomic E-state index is -4.72. The van der Waals surface area contributed by atoms with Crippen molar-refractivity contribution in [2.24, 2.45) is 0 Å². The van der Waals surface area contributed by atoms with E-state index < -0.39 is 35.8 Å². The Morgan fingerprint density at radius 2 is 1.70 bits per heavy atom. The molecule has 122 valence electrons. The SMILES string of the molecule is O=C(Cc1cccc(F)c1)NCc1ccc(F)cc1C(F)(F)F. The number of carbonyl (C=O) groups is 1. The molecule has 2 nitrogen and oxygen atoms in total. The highest BCUT2D eigenvalue weighted by Crippen LogP contribution is 2.32. The monoisotopic (exact) mass is 329 g/mol. The molecule has 0 saturated heterocycles. The molecule has 0 heterocycles. The molecule has 0 fully saturated rings. The summed E-state index contributed by atoms with van der Waals surface area (Å²) in [5.41, 5.74) is -0.979. The molecule has 0 radical (unpaired) electrons. The van der Waals surface area contributed by atoms with Crippen molar-refractivity contribution in [1.29, 1.82) is 0 Å². The molecule has 0 aliphatic carbocycles. The quantitative estimate of drug-likeness (QED) is 0.849. The first-order chi connectivity index (χ1) is 10.8. The van der Waals surface area contributed by atoms with E-state index in [4.69, 9.17) is 0 Å². The Morgan fingerprint density at radius 3 is 2.35 bits per heavy atom. The molecule has 1 amide bonds. The number of nitrogens with one attached hydrogen (secondary N) is 1. The van der Waals surface area contributed by atoms with Gasteiger partial charge in [0, 0.05) is 6.54 Å². The van der Waals surface area contributed by atoms with E-state index in [1.165, 1.54) is 24.3 Å². The fourth-order valence-corrected chi connectivity index (χ4v) is 2.06. The molecule has 23 heavy (non-hydrogen) atoms. The smallest absolute Gasteiger partial charge is 0.352 e. The van der Waals surface area contributed by atoms with Gasteiger partial charge >= 0.3 is 6.18 Å². The van der Waals surface area contributed by atoms with Gasteiger partial charge in [0.1, 0.15) is 11.6 Å². The first-order valence-corrected chi connectivity index (χ1v) is 6.62. The van der Waals surface area contributed by atoms with Crippen molar-refractivity contribution in [1.82, 2.24) is 5.32 Å². The molecule has 1 N–H and O–H groups in total. The highest BCUT2D eigenvalue weighted by atomic mass is 19.4. The van der Waals surface area contributed by atoms with Gasteiger partial charge in [0.05, 0.1) is 12.0 Å². The second-order valence-corrected chi connectivity index (χ2v) is 4.88. The molecule has 2 aromatic rings. The lowest BCUT2D eigenvalue weighted by atomic mass is 10.1. The molecule has 0 aliphatic rings. The minimum absolute atomic E-state index is 0.166. The number of rotatable bonds is 4. The second kappa shape index (κ2) is 6.76. The van der Waals surface area contributed by atoms with Crippen LogP contribution in [-0.2, 0) is 23.9 Å². The van der Waals surface area contributed by atoms with Gasteiger partial charge in [-0.25, -0.2) is 8.78 Å². The first kappa shape index (κ1) is 16.9. The Hall–Kier alpha value is -2.44. The zero-order valence-electron chi connectivity index (χ0n) is 11.8. The van der Waals surface area contributed by atoms with E-state index in [-0.39, 0.29) is 12.0 Å². The summed E-state index contributed by atoms with van der Waals surface area (Å²) in [6.07, 6.45) is -4.88. The second-order valence-electron chi connectivity index (χ2n) is 4.88. The molecule has 0 bridgehead atoms. The number of alkyl halides is 3. The van der Waals surface area contributed by atoms with Crippen LogP contribution in [0.1, 0.15) is 16.7 Å². The third-order valence-electron chi connectivity index (χ3n) is 3.11. The number of halogens is 5. The minimum Gasteiger partial charge on any atom is -0.352 e. The van der Waals surface area contributed by atoms with Crippen LogP contribution in [0.3, 0.4) is 0 Å². The van der Waals surface area contributed by atoms with Crippen LogP contribution in [0.4, 0.5) is 22.0 Å². The summed E-state index contributed by atoms with van der Waals surface area (Å²) < 4.78 is 64.4. The van der Waals surface area contributed by atoms with Crippen LogP contribution in [0, 0.1) is 11.6 Å². The Morgan fingerprint density at radius 1 is 1.00 bits per heavy atom. The Kier molecular flexibility index (Phi) is 4.98. The lowest BCUT2D eigenvalue weighted by Gasteiger charge is -2.13. The highest BCUT2D eigenvalue weighted by Gasteiger charge is 2.33. The highest BCUT2D eigenvalue weighted by molar-refractivity contribution is 5.78. The van der Waals surface area contributed by atoms with E-state index in [0.717, 1.165) is 12.1 Å². The summed E-state index contributed by atoms with van der Waals surface area (Å²) in [4.78, 5) is 11.7. The average Bonchev–Trinajstić information content (AvgIpc) is 2.45. The molecule has 7 heteroatoms. The molecule has 2 rings (SSSR count). The summed E-state index contributed by atoms with van der Waals surface area (Å²) in [7, 11) is 0. The van der Waals surface area contributed by atoms with Crippen LogP contribution in [0.5, 0.6) is 0 Å². The van der Waals surface area contributed by atoms with Gasteiger partial charge in [0.2, 0.25) is 5.91 Å². The van der Waals surface area contributed by atoms with Crippen molar-refractivity contribution in [2.75, 3.05) is 0 Å². The van der Waals surface area contributed by atoms with Crippen LogP contribution in [0.2, 0.25) is 0 Å². The number of amides is 1. The van der Waals surface area contributed by atoms with E-state index in [9.17, 15) is 26.7 Å². The van der Waals surface area contributed by atoms with E-state index in [2.05, 4.69) is 5.32 Å². The van der Waals surface area contributed by atoms with Gasteiger partial charge in [-0.3, -0.25) is 4.79 Å². The normalized spacial score (nSPS) is 11.3. The number of carbonyl (C=O) groups excluding carboxylic acids is 1. The topological polar surface area (TPSA) is 29.1 Å². The van der Waals surface area contributed by atoms with Crippen molar-refractivity contribution < 1.29 is 26.7 Å². The third kappa shape index (κ3) is 4.77. The van der Waals surface area contributed by atoms with Crippen molar-refractivity contribution in [3.63, 3.8) is 0 Å². The van der Waals surface area contributed by atoms with Gasteiger partial charge in [-0.15, -0.1) is 0 Å². The van der Waals surface area contributed by atoms with Crippen LogP contribution in [0.15, 0.2) is 42.5 Å². The maximum absolute atomic E-state index is 13.0. The predicted molar refractivity (Wildman–Crippen MR) is 73.4 cm³/mol. The molecule has 0 aliphatic heterocycles. The number of hydrogen-bond donors (Lipinski definition) is 1. The number of hydrogen-bond acceptors (Lipinski definition) is 1. The summed E-state index contributed by atoms with van der Waals surface area (Å²) in [5, 5.41) is 2.32. The van der Waals surface area contributed by atoms with Crippen LogP contribution < -0.4 is 5.32 Å². The van der Waals surface area contributed by atoms with E-state index in [0.29, 0.717) is 11.6 Å². The van der Waals surface area contributed by atoms with Crippen LogP contribution in [-0.4, -0.2) is 5.91 Å². The molecule has 0 aromatic heterocycles. The molecule has 0 spiro atoms. The summed E-state index contributed by atoms with van der Waals surface area (Å²) >= 11 is 0. The fourth-order valence-electron chi connectivity index (χ4n) is 2.06. The van der Waals surface area contributed by atoms with Crippen molar-refractivity contribution >= 4 is 5.91 Å². The van der Waals surface area contributed by atoms with Crippen molar-refractivity contribution in [3.8, 4) is 0 Å². The van der Waals surface area contributed by atoms with E-state index in [1.807, 2.05) is 0 Å². The summed E-state index contributed by atoms with van der Waals surface area (Å²) in [6, 6.07) is 7.59. The van der Waals surface area contributed by atoms with Gasteiger partial charge in [-0.05, 0) is 35.4 Å². The van der Waals surface area contributed by atoms with Gasteiger partial charge < -0.3 is 5.32 Å². The maximum atomic E-state index is 13.0. The maximum Gasteiger partial charge on any atom is 0.416 e. The van der Waals surface area contributed by atoms with Gasteiger partial charge in [0.15, 0.2) is 0 Å². The molecule has 0 unspecified atom stereocenters. The van der Waals surface area contributed by atoms with E-state index >= 15 is 0 Å². The van der Waals surface area contributed by atoms with Crippen LogP contribution in [0.25, 0.3) is 0 Å². The summed E-state index contributed by atoms with van der Waals surface area (Å²) in [5.74, 6) is -2.08. The molecular weight excluding hydrogens is 317 g/mol. The molecule has 0 atom stereocenters. The lowest BCUT2D eigenvalue weighted by Crippen LogP contribution is -2.26. The average molecular weight is 329 g/mol. The number of benzene rings is 2. The van der Waals surface area contributed by atoms with Gasteiger partial charge in [0.25, 0.3) is 0 Å². The largest absolute Gasteiger partial charge is 0.416 e. The van der Waals surface area contributed by atoms with Gasteiger partial charge in [-0.1, -0.05) is 18.2 Å². The third-order valence-corrected chi connectivity index (χ3v) is 3.11. The molecule has 2 aromatic carbocycles. The van der Waals surface area contributed by atoms with E-state index in [1.54, 1.807) is 0 Å². The Balaban J connectivity index is 2.05. The van der Waals surface area contributed by atoms with Crippen molar-refractivity contribution in [2.45, 2.75) is 19.1 Å². The van der Waals surface area contributed by atoms with Crippen LogP contribution >= 0.6 is 0 Å². The molecule has 0 saturated carbocycles. The fraction of sp³-hybridized carbons (Fsp3) is 0.188. The lowest BCUT2D eigenvalue weighted by molar-refractivity contribution is -0.138. The first-order valence-electron chi connectivity index (χ1n) is 6.62. The Bertz CT molecular complexity index is 712. The zero-order chi connectivity index (χ0) is 17.0. The predicted octanol–water partition coefficient (Wildman–Crippen LogP) is 3.84.